The van der Waals surface area contributed by atoms with Crippen LogP contribution in [-0.2, 0) is 6.54 Å². The van der Waals surface area contributed by atoms with E-state index in [9.17, 15) is 14.4 Å². The molecular weight excluding hydrogens is 499 g/mol. The van der Waals surface area contributed by atoms with Gasteiger partial charge in [-0.3, -0.25) is 14.6 Å². The van der Waals surface area contributed by atoms with Gasteiger partial charge in [-0.25, -0.2) is 4.79 Å². The number of benzene rings is 1. The van der Waals surface area contributed by atoms with Crippen LogP contribution in [0, 0.1) is 6.57 Å². The molecule has 4 heterocycles. The standard InChI is InChI=1S/C22H12Cl2N6O3S/c1-25-20-21(32)26-22(33)30(27-20)12-9-14(23)19(15(24)10-12)28-7-6-17-16(28)4-5-18(31)29(17)11-13-3-2-8-34-13/h2-10H,11H2,(H,26,32,33). The molecule has 0 atom stereocenters. The first-order valence-corrected chi connectivity index (χ1v) is 11.3. The summed E-state index contributed by atoms with van der Waals surface area (Å²) < 4.78 is 4.27. The molecule has 0 saturated carbocycles. The quantitative estimate of drug-likeness (QED) is 0.369. The Labute approximate surface area is 204 Å². The second-order valence-electron chi connectivity index (χ2n) is 7.16. The van der Waals surface area contributed by atoms with Crippen LogP contribution in [0.15, 0.2) is 68.4 Å². The van der Waals surface area contributed by atoms with E-state index in [0.29, 0.717) is 23.3 Å². The van der Waals surface area contributed by atoms with Gasteiger partial charge in [-0.2, -0.15) is 0 Å². The van der Waals surface area contributed by atoms with Crippen LogP contribution < -0.4 is 16.8 Å². The predicted molar refractivity (Wildman–Crippen MR) is 131 cm³/mol. The number of rotatable bonds is 4. The Morgan fingerprint density at radius 2 is 1.82 bits per heavy atom. The molecule has 12 heteroatoms. The van der Waals surface area contributed by atoms with Gasteiger partial charge in [0, 0.05) is 17.1 Å². The zero-order valence-electron chi connectivity index (χ0n) is 17.0. The minimum absolute atomic E-state index is 0.134. The number of nitrogens with zero attached hydrogens (tertiary/aromatic N) is 5. The lowest BCUT2D eigenvalue weighted by Crippen LogP contribution is -2.30. The number of halogens is 2. The molecule has 168 valence electrons. The molecule has 0 aliphatic heterocycles. The number of pyridine rings is 1. The molecule has 0 aliphatic carbocycles. The van der Waals surface area contributed by atoms with Gasteiger partial charge in [0.05, 0.1) is 39.0 Å². The van der Waals surface area contributed by atoms with E-state index in [1.54, 1.807) is 38.8 Å². The normalized spacial score (nSPS) is 11.1. The molecule has 1 aromatic carbocycles. The molecule has 5 aromatic rings. The molecule has 0 saturated heterocycles. The van der Waals surface area contributed by atoms with E-state index in [1.807, 2.05) is 22.5 Å². The summed E-state index contributed by atoms with van der Waals surface area (Å²) in [4.78, 5) is 42.6. The summed E-state index contributed by atoms with van der Waals surface area (Å²) in [6, 6.07) is 11.8. The third kappa shape index (κ3) is 3.66. The molecule has 0 unspecified atom stereocenters. The Balaban J connectivity index is 1.65. The molecule has 0 aliphatic rings. The third-order valence-corrected chi connectivity index (χ3v) is 6.58. The van der Waals surface area contributed by atoms with Crippen molar-refractivity contribution in [3.8, 4) is 11.4 Å². The highest BCUT2D eigenvalue weighted by atomic mass is 35.5. The second kappa shape index (κ2) is 8.46. The van der Waals surface area contributed by atoms with Crippen LogP contribution in [0.25, 0.3) is 27.3 Å². The zero-order chi connectivity index (χ0) is 24.0. The number of thiophene rings is 1. The van der Waals surface area contributed by atoms with Gasteiger partial charge in [-0.15, -0.1) is 16.0 Å². The van der Waals surface area contributed by atoms with Crippen LogP contribution in [0.2, 0.25) is 10.0 Å². The summed E-state index contributed by atoms with van der Waals surface area (Å²) in [5.74, 6) is -0.490. The van der Waals surface area contributed by atoms with Crippen molar-refractivity contribution in [2.45, 2.75) is 6.54 Å². The number of hydrogen-bond acceptors (Lipinski definition) is 5. The Kier molecular flexibility index (Phi) is 5.45. The van der Waals surface area contributed by atoms with E-state index in [2.05, 4.69) is 9.94 Å². The second-order valence-corrected chi connectivity index (χ2v) is 9.00. The maximum Gasteiger partial charge on any atom is 0.365 e. The van der Waals surface area contributed by atoms with Gasteiger partial charge in [0.15, 0.2) is 0 Å². The summed E-state index contributed by atoms with van der Waals surface area (Å²) in [6.07, 6.45) is 1.75. The number of aromatic amines is 1. The Bertz CT molecular complexity index is 1770. The summed E-state index contributed by atoms with van der Waals surface area (Å²) >= 11 is 14.7. The van der Waals surface area contributed by atoms with Crippen LogP contribution >= 0.6 is 34.5 Å². The van der Waals surface area contributed by atoms with E-state index in [0.717, 1.165) is 9.56 Å². The third-order valence-electron chi connectivity index (χ3n) is 5.14. The molecule has 0 radical (unpaired) electrons. The van der Waals surface area contributed by atoms with E-state index in [4.69, 9.17) is 29.8 Å². The molecule has 0 amide bonds. The van der Waals surface area contributed by atoms with E-state index in [-0.39, 0.29) is 21.3 Å². The average molecular weight is 511 g/mol. The topological polar surface area (TPSA) is 99.0 Å². The number of hydrogen-bond donors (Lipinski definition) is 1. The van der Waals surface area contributed by atoms with Gasteiger partial charge in [-0.1, -0.05) is 35.8 Å². The Morgan fingerprint density at radius 1 is 1.06 bits per heavy atom. The summed E-state index contributed by atoms with van der Waals surface area (Å²) in [6.45, 7) is 7.48. The van der Waals surface area contributed by atoms with Crippen molar-refractivity contribution in [1.82, 2.24) is 23.9 Å². The van der Waals surface area contributed by atoms with Crippen LogP contribution in [0.5, 0.6) is 0 Å². The van der Waals surface area contributed by atoms with Gasteiger partial charge in [0.1, 0.15) is 0 Å². The maximum absolute atomic E-state index is 12.6. The van der Waals surface area contributed by atoms with Crippen molar-refractivity contribution in [2.24, 2.45) is 0 Å². The molecule has 0 spiro atoms. The number of nitrogens with one attached hydrogen (secondary N) is 1. The molecule has 9 nitrogen and oxygen atoms in total. The van der Waals surface area contributed by atoms with Crippen molar-refractivity contribution < 1.29 is 0 Å². The van der Waals surface area contributed by atoms with Crippen LogP contribution in [0.1, 0.15) is 4.88 Å². The van der Waals surface area contributed by atoms with Gasteiger partial charge in [0.2, 0.25) is 0 Å². The maximum atomic E-state index is 12.6. The zero-order valence-corrected chi connectivity index (χ0v) is 19.4. The first-order valence-electron chi connectivity index (χ1n) is 9.71. The largest absolute Gasteiger partial charge is 0.365 e. The smallest absolute Gasteiger partial charge is 0.354 e. The van der Waals surface area contributed by atoms with Crippen molar-refractivity contribution in [2.75, 3.05) is 0 Å². The predicted octanol–water partition coefficient (Wildman–Crippen LogP) is 3.99. The molecule has 0 fully saturated rings. The number of fused-ring (bicyclic) bond motifs is 1. The monoisotopic (exact) mass is 510 g/mol. The van der Waals surface area contributed by atoms with Crippen LogP contribution in [0.3, 0.4) is 0 Å². The molecule has 0 bridgehead atoms. The van der Waals surface area contributed by atoms with Crippen molar-refractivity contribution in [1.29, 1.82) is 0 Å². The Morgan fingerprint density at radius 3 is 2.50 bits per heavy atom. The highest BCUT2D eigenvalue weighted by molar-refractivity contribution is 7.09. The molecule has 4 aromatic heterocycles. The minimum Gasteiger partial charge on any atom is -0.354 e. The fourth-order valence-electron chi connectivity index (χ4n) is 3.65. The highest BCUT2D eigenvalue weighted by Crippen LogP contribution is 2.34. The molecule has 5 rings (SSSR count). The number of aromatic nitrogens is 5. The van der Waals surface area contributed by atoms with Crippen LogP contribution in [-0.4, -0.2) is 23.9 Å². The Hall–Kier alpha value is -3.91. The summed E-state index contributed by atoms with van der Waals surface area (Å²) in [5.41, 5.74) is 0.186. The summed E-state index contributed by atoms with van der Waals surface area (Å²) in [5, 5.41) is 6.13. The van der Waals surface area contributed by atoms with Crippen molar-refractivity contribution >= 4 is 51.4 Å². The van der Waals surface area contributed by atoms with E-state index in [1.165, 1.54) is 18.2 Å². The van der Waals surface area contributed by atoms with Gasteiger partial charge in [0.25, 0.3) is 11.1 Å². The van der Waals surface area contributed by atoms with Crippen LogP contribution in [0.4, 0.5) is 5.82 Å². The van der Waals surface area contributed by atoms with Crippen molar-refractivity contribution in [3.63, 3.8) is 0 Å². The van der Waals surface area contributed by atoms with E-state index < -0.39 is 17.1 Å². The number of H-pyrrole nitrogens is 1. The lowest BCUT2D eigenvalue weighted by atomic mass is 10.2. The molecular formula is C22H12Cl2N6O3S. The fraction of sp³-hybridized carbons (Fsp3) is 0.0455. The van der Waals surface area contributed by atoms with Crippen molar-refractivity contribution in [3.05, 3.63) is 112 Å². The molecule has 34 heavy (non-hydrogen) atoms. The average Bonchev–Trinajstić information content (AvgIpc) is 3.46. The molecule has 1 N–H and O–H groups in total. The highest BCUT2D eigenvalue weighted by Gasteiger charge is 2.18. The summed E-state index contributed by atoms with van der Waals surface area (Å²) in [7, 11) is 0. The SMILES string of the molecule is [C-]#[N+]c1nn(-c2cc(Cl)c(-n3ccc4c3ccc(=O)n4Cc3cccs3)c(Cl)c2)c(=O)[nH]c1=O. The first-order chi connectivity index (χ1) is 16.4. The van der Waals surface area contributed by atoms with Gasteiger partial charge >= 0.3 is 11.5 Å². The van der Waals surface area contributed by atoms with Gasteiger partial charge in [-0.05, 0) is 40.8 Å². The lowest BCUT2D eigenvalue weighted by Gasteiger charge is -2.13. The fourth-order valence-corrected chi connectivity index (χ4v) is 5.00. The van der Waals surface area contributed by atoms with E-state index >= 15 is 0 Å². The minimum atomic E-state index is -0.877. The first kappa shape index (κ1) is 21.9. The van der Waals surface area contributed by atoms with Gasteiger partial charge < -0.3 is 14.0 Å². The lowest BCUT2D eigenvalue weighted by molar-refractivity contribution is 0.761.